The van der Waals surface area contributed by atoms with E-state index in [2.05, 4.69) is 45.1 Å². The van der Waals surface area contributed by atoms with E-state index in [0.29, 0.717) is 0 Å². The molecule has 2 heteroatoms. The highest BCUT2D eigenvalue weighted by molar-refractivity contribution is 9.09. The average molecular weight is 268 g/mol. The molecule has 1 heterocycles. The van der Waals surface area contributed by atoms with Gasteiger partial charge in [-0.3, -0.25) is 4.90 Å². The van der Waals surface area contributed by atoms with Crippen molar-refractivity contribution in [3.63, 3.8) is 0 Å². The van der Waals surface area contributed by atoms with Gasteiger partial charge in [-0.05, 0) is 36.9 Å². The number of nitrogens with zero attached hydrogens (tertiary/aromatic N) is 1. The Bertz CT molecular complexity index is 311. The van der Waals surface area contributed by atoms with Gasteiger partial charge in [0.15, 0.2) is 0 Å². The van der Waals surface area contributed by atoms with Crippen molar-refractivity contribution in [1.29, 1.82) is 0 Å². The molecule has 0 bridgehead atoms. The molecule has 0 unspecified atom stereocenters. The standard InChI is InChI=1S/C13H18BrN/c14-8-3-4-9-15-10-7-12-5-1-2-6-13(12)11-15/h1-2,5-6H,3-4,7-11H2. The van der Waals surface area contributed by atoms with E-state index >= 15 is 0 Å². The Kier molecular flexibility index (Phi) is 4.21. The first-order valence-corrected chi connectivity index (χ1v) is 6.87. The van der Waals surface area contributed by atoms with E-state index in [9.17, 15) is 0 Å². The number of alkyl halides is 1. The fourth-order valence-corrected chi connectivity index (χ4v) is 2.57. The molecule has 2 rings (SSSR count). The van der Waals surface area contributed by atoms with Crippen LogP contribution in [0.5, 0.6) is 0 Å². The van der Waals surface area contributed by atoms with Gasteiger partial charge in [0.1, 0.15) is 0 Å². The lowest BCUT2D eigenvalue weighted by Gasteiger charge is -2.28. The molecule has 0 spiro atoms. The van der Waals surface area contributed by atoms with Gasteiger partial charge in [0.2, 0.25) is 0 Å². The summed E-state index contributed by atoms with van der Waals surface area (Å²) in [4.78, 5) is 2.57. The van der Waals surface area contributed by atoms with Gasteiger partial charge in [-0.15, -0.1) is 0 Å². The van der Waals surface area contributed by atoms with Crippen LogP contribution in [0.15, 0.2) is 24.3 Å². The molecule has 1 aliphatic heterocycles. The molecule has 1 aliphatic rings. The summed E-state index contributed by atoms with van der Waals surface area (Å²) in [6.07, 6.45) is 3.83. The summed E-state index contributed by atoms with van der Waals surface area (Å²) in [7, 11) is 0. The van der Waals surface area contributed by atoms with E-state index in [-0.39, 0.29) is 0 Å². The Morgan fingerprint density at radius 2 is 1.93 bits per heavy atom. The molecule has 0 atom stereocenters. The quantitative estimate of drug-likeness (QED) is 0.598. The van der Waals surface area contributed by atoms with Gasteiger partial charge in [0, 0.05) is 18.4 Å². The van der Waals surface area contributed by atoms with E-state index in [0.717, 1.165) is 11.9 Å². The molecule has 15 heavy (non-hydrogen) atoms. The fourth-order valence-electron chi connectivity index (χ4n) is 2.17. The molecular weight excluding hydrogens is 250 g/mol. The third-order valence-electron chi connectivity index (χ3n) is 3.07. The SMILES string of the molecule is BrCCCCN1CCc2ccccc2C1. The maximum Gasteiger partial charge on any atom is 0.0236 e. The van der Waals surface area contributed by atoms with Gasteiger partial charge in [0.05, 0.1) is 0 Å². The molecule has 1 aromatic carbocycles. The zero-order valence-corrected chi connectivity index (χ0v) is 10.7. The van der Waals surface area contributed by atoms with Gasteiger partial charge in [0.25, 0.3) is 0 Å². The monoisotopic (exact) mass is 267 g/mol. The van der Waals surface area contributed by atoms with Crippen LogP contribution < -0.4 is 0 Å². The summed E-state index contributed by atoms with van der Waals surface area (Å²) >= 11 is 3.48. The highest BCUT2D eigenvalue weighted by Gasteiger charge is 2.14. The first-order chi connectivity index (χ1) is 7.40. The third-order valence-corrected chi connectivity index (χ3v) is 3.63. The maximum absolute atomic E-state index is 3.48. The Hall–Kier alpha value is -0.340. The van der Waals surface area contributed by atoms with E-state index in [1.54, 1.807) is 5.56 Å². The molecule has 0 fully saturated rings. The number of rotatable bonds is 4. The van der Waals surface area contributed by atoms with Crippen LogP contribution in [-0.4, -0.2) is 23.3 Å². The topological polar surface area (TPSA) is 3.24 Å². The van der Waals surface area contributed by atoms with Crippen LogP contribution >= 0.6 is 15.9 Å². The molecule has 1 aromatic rings. The van der Waals surface area contributed by atoms with Crippen molar-refractivity contribution in [3.05, 3.63) is 35.4 Å². The Labute approximate surface area is 101 Å². The lowest BCUT2D eigenvalue weighted by Crippen LogP contribution is -2.31. The van der Waals surface area contributed by atoms with E-state index in [4.69, 9.17) is 0 Å². The van der Waals surface area contributed by atoms with Gasteiger partial charge in [-0.2, -0.15) is 0 Å². The Morgan fingerprint density at radius 3 is 2.73 bits per heavy atom. The van der Waals surface area contributed by atoms with E-state index in [1.165, 1.54) is 37.9 Å². The molecule has 0 aliphatic carbocycles. The van der Waals surface area contributed by atoms with Crippen LogP contribution in [0, 0.1) is 0 Å². The smallest absolute Gasteiger partial charge is 0.0236 e. The molecule has 0 radical (unpaired) electrons. The normalized spacial score (nSPS) is 16.3. The van der Waals surface area contributed by atoms with Crippen molar-refractivity contribution in [1.82, 2.24) is 4.90 Å². The summed E-state index contributed by atoms with van der Waals surface area (Å²) in [5.74, 6) is 0. The number of halogens is 1. The number of hydrogen-bond donors (Lipinski definition) is 0. The summed E-state index contributed by atoms with van der Waals surface area (Å²) in [5, 5.41) is 1.14. The molecule has 0 N–H and O–H groups in total. The minimum Gasteiger partial charge on any atom is -0.299 e. The lowest BCUT2D eigenvalue weighted by atomic mass is 10.00. The maximum atomic E-state index is 3.48. The highest BCUT2D eigenvalue weighted by Crippen LogP contribution is 2.18. The van der Waals surface area contributed by atoms with Crippen molar-refractivity contribution in [2.45, 2.75) is 25.8 Å². The second-order valence-electron chi connectivity index (χ2n) is 4.19. The Balaban J connectivity index is 1.88. The number of fused-ring (bicyclic) bond motifs is 1. The van der Waals surface area contributed by atoms with Crippen molar-refractivity contribution in [2.75, 3.05) is 18.4 Å². The minimum absolute atomic E-state index is 1.14. The predicted molar refractivity (Wildman–Crippen MR) is 68.5 cm³/mol. The van der Waals surface area contributed by atoms with Crippen LogP contribution in [0.3, 0.4) is 0 Å². The summed E-state index contributed by atoms with van der Waals surface area (Å²) in [6.45, 7) is 3.64. The minimum atomic E-state index is 1.14. The number of benzene rings is 1. The molecule has 0 aromatic heterocycles. The van der Waals surface area contributed by atoms with Gasteiger partial charge in [-0.1, -0.05) is 40.2 Å². The molecule has 0 saturated heterocycles. The first-order valence-electron chi connectivity index (χ1n) is 5.75. The van der Waals surface area contributed by atoms with Crippen molar-refractivity contribution in [3.8, 4) is 0 Å². The molecule has 1 nitrogen and oxygen atoms in total. The summed E-state index contributed by atoms with van der Waals surface area (Å²) in [6, 6.07) is 8.84. The van der Waals surface area contributed by atoms with Gasteiger partial charge in [-0.25, -0.2) is 0 Å². The van der Waals surface area contributed by atoms with E-state index < -0.39 is 0 Å². The van der Waals surface area contributed by atoms with Crippen LogP contribution in [0.2, 0.25) is 0 Å². The van der Waals surface area contributed by atoms with E-state index in [1.807, 2.05) is 0 Å². The van der Waals surface area contributed by atoms with Crippen LogP contribution in [-0.2, 0) is 13.0 Å². The number of unbranched alkanes of at least 4 members (excludes halogenated alkanes) is 1. The zero-order chi connectivity index (χ0) is 10.5. The van der Waals surface area contributed by atoms with Crippen LogP contribution in [0.1, 0.15) is 24.0 Å². The molecule has 0 amide bonds. The molecular formula is C13H18BrN. The van der Waals surface area contributed by atoms with Crippen molar-refractivity contribution < 1.29 is 0 Å². The first kappa shape index (κ1) is 11.2. The second-order valence-corrected chi connectivity index (χ2v) is 4.98. The molecule has 82 valence electrons. The zero-order valence-electron chi connectivity index (χ0n) is 9.08. The lowest BCUT2D eigenvalue weighted by molar-refractivity contribution is 0.250. The second kappa shape index (κ2) is 5.66. The summed E-state index contributed by atoms with van der Waals surface area (Å²) < 4.78 is 0. The Morgan fingerprint density at radius 1 is 1.13 bits per heavy atom. The van der Waals surface area contributed by atoms with Crippen molar-refractivity contribution in [2.24, 2.45) is 0 Å². The van der Waals surface area contributed by atoms with Gasteiger partial charge < -0.3 is 0 Å². The summed E-state index contributed by atoms with van der Waals surface area (Å²) in [5.41, 5.74) is 3.08. The fraction of sp³-hybridized carbons (Fsp3) is 0.538. The third kappa shape index (κ3) is 3.05. The predicted octanol–water partition coefficient (Wildman–Crippen LogP) is 3.22. The van der Waals surface area contributed by atoms with Crippen LogP contribution in [0.4, 0.5) is 0 Å². The highest BCUT2D eigenvalue weighted by atomic mass is 79.9. The average Bonchev–Trinajstić information content (AvgIpc) is 2.29. The largest absolute Gasteiger partial charge is 0.299 e. The number of hydrogen-bond acceptors (Lipinski definition) is 1. The van der Waals surface area contributed by atoms with Crippen LogP contribution in [0.25, 0.3) is 0 Å². The van der Waals surface area contributed by atoms with Gasteiger partial charge >= 0.3 is 0 Å². The molecule has 0 saturated carbocycles. The van der Waals surface area contributed by atoms with Crippen molar-refractivity contribution >= 4 is 15.9 Å².